The van der Waals surface area contributed by atoms with Crippen LogP contribution in [0.25, 0.3) is 0 Å². The lowest BCUT2D eigenvalue weighted by Gasteiger charge is -2.08. The van der Waals surface area contributed by atoms with Crippen LogP contribution < -0.4 is 4.74 Å². The van der Waals surface area contributed by atoms with E-state index in [2.05, 4.69) is 4.99 Å². The third-order valence-corrected chi connectivity index (χ3v) is 2.14. The van der Waals surface area contributed by atoms with E-state index in [1.165, 1.54) is 19.3 Å². The lowest BCUT2D eigenvalue weighted by Crippen LogP contribution is -1.96. The number of rotatable bonds is 4. The Balaban J connectivity index is 3.15. The second-order valence-electron chi connectivity index (χ2n) is 3.02. The van der Waals surface area contributed by atoms with Crippen molar-refractivity contribution >= 4 is 6.08 Å². The monoisotopic (exact) mass is 209 g/mol. The Hall–Kier alpha value is -1.67. The molecule has 1 aromatic carbocycles. The van der Waals surface area contributed by atoms with Gasteiger partial charge in [-0.15, -0.1) is 0 Å². The largest absolute Gasteiger partial charge is 0.496 e. The zero-order chi connectivity index (χ0) is 11.3. The number of hydrogen-bond acceptors (Lipinski definition) is 3. The first-order valence-electron chi connectivity index (χ1n) is 4.61. The number of carbonyl (C=O) groups excluding carboxylic acids is 1. The molecule has 1 rings (SSSR count). The maximum absolute atomic E-state index is 13.4. The maximum Gasteiger partial charge on any atom is 0.235 e. The van der Waals surface area contributed by atoms with Gasteiger partial charge in [0.05, 0.1) is 13.7 Å². The highest BCUT2D eigenvalue weighted by atomic mass is 19.1. The first kappa shape index (κ1) is 11.4. The molecule has 0 atom stereocenters. The van der Waals surface area contributed by atoms with Gasteiger partial charge in [0, 0.05) is 11.6 Å². The zero-order valence-electron chi connectivity index (χ0n) is 8.71. The molecule has 0 fully saturated rings. The molecule has 1 aromatic rings. The van der Waals surface area contributed by atoms with Crippen molar-refractivity contribution < 1.29 is 13.9 Å². The third-order valence-electron chi connectivity index (χ3n) is 2.14. The van der Waals surface area contributed by atoms with E-state index in [1.54, 1.807) is 6.07 Å². The average molecular weight is 209 g/mol. The van der Waals surface area contributed by atoms with E-state index in [9.17, 15) is 9.18 Å². The van der Waals surface area contributed by atoms with E-state index in [0.29, 0.717) is 23.3 Å². The van der Waals surface area contributed by atoms with Crippen molar-refractivity contribution in [2.75, 3.05) is 7.11 Å². The number of isocyanates is 1. The Morgan fingerprint density at radius 1 is 1.47 bits per heavy atom. The van der Waals surface area contributed by atoms with Gasteiger partial charge in [0.2, 0.25) is 6.08 Å². The molecule has 0 heterocycles. The summed E-state index contributed by atoms with van der Waals surface area (Å²) in [6.45, 7) is 2.03. The molecule has 0 aliphatic carbocycles. The highest BCUT2D eigenvalue weighted by Crippen LogP contribution is 2.23. The Bertz CT molecular complexity index is 398. The molecule has 0 spiro atoms. The van der Waals surface area contributed by atoms with E-state index < -0.39 is 0 Å². The fourth-order valence-corrected chi connectivity index (χ4v) is 1.35. The van der Waals surface area contributed by atoms with Crippen molar-refractivity contribution in [3.63, 3.8) is 0 Å². The van der Waals surface area contributed by atoms with Gasteiger partial charge >= 0.3 is 0 Å². The number of aliphatic imine (C=N–C) groups is 1. The summed E-state index contributed by atoms with van der Waals surface area (Å²) in [7, 11) is 1.45. The molecule has 80 valence electrons. The lowest BCUT2D eigenvalue weighted by atomic mass is 10.1. The van der Waals surface area contributed by atoms with Gasteiger partial charge in [-0.3, -0.25) is 0 Å². The molecule has 0 radical (unpaired) electrons. The molecule has 0 amide bonds. The smallest absolute Gasteiger partial charge is 0.235 e. The van der Waals surface area contributed by atoms with Crippen molar-refractivity contribution in [2.24, 2.45) is 4.99 Å². The fraction of sp³-hybridized carbons (Fsp3) is 0.364. The van der Waals surface area contributed by atoms with E-state index in [1.807, 2.05) is 6.92 Å². The molecule has 0 aliphatic rings. The van der Waals surface area contributed by atoms with Crippen molar-refractivity contribution in [1.29, 1.82) is 0 Å². The van der Waals surface area contributed by atoms with Crippen LogP contribution in [-0.2, 0) is 17.8 Å². The Morgan fingerprint density at radius 2 is 2.20 bits per heavy atom. The van der Waals surface area contributed by atoms with Crippen LogP contribution in [0.1, 0.15) is 18.1 Å². The number of aryl methyl sites for hydroxylation is 1. The van der Waals surface area contributed by atoms with E-state index in [-0.39, 0.29) is 12.4 Å². The Labute approximate surface area is 87.6 Å². The van der Waals surface area contributed by atoms with Crippen LogP contribution in [0.3, 0.4) is 0 Å². The van der Waals surface area contributed by atoms with E-state index in [4.69, 9.17) is 4.74 Å². The van der Waals surface area contributed by atoms with Gasteiger partial charge in [0.1, 0.15) is 11.6 Å². The highest BCUT2D eigenvalue weighted by Gasteiger charge is 2.08. The molecule has 0 aromatic heterocycles. The van der Waals surface area contributed by atoms with E-state index in [0.717, 1.165) is 0 Å². The van der Waals surface area contributed by atoms with Gasteiger partial charge in [-0.2, -0.15) is 0 Å². The minimum absolute atomic E-state index is 0.167. The van der Waals surface area contributed by atoms with Gasteiger partial charge in [0.25, 0.3) is 0 Å². The lowest BCUT2D eigenvalue weighted by molar-refractivity contribution is 0.405. The first-order valence-corrected chi connectivity index (χ1v) is 4.61. The highest BCUT2D eigenvalue weighted by molar-refractivity contribution is 5.40. The van der Waals surface area contributed by atoms with Crippen LogP contribution in [0.2, 0.25) is 0 Å². The van der Waals surface area contributed by atoms with Crippen LogP contribution in [0, 0.1) is 5.82 Å². The van der Waals surface area contributed by atoms with Crippen LogP contribution in [0.15, 0.2) is 17.1 Å². The third kappa shape index (κ3) is 2.64. The molecule has 15 heavy (non-hydrogen) atoms. The summed E-state index contributed by atoms with van der Waals surface area (Å²) >= 11 is 0. The van der Waals surface area contributed by atoms with Crippen LogP contribution in [0.5, 0.6) is 5.75 Å². The predicted molar refractivity (Wildman–Crippen MR) is 54.2 cm³/mol. The molecular formula is C11H12FNO2. The minimum Gasteiger partial charge on any atom is -0.496 e. The number of halogens is 1. The molecule has 0 unspecified atom stereocenters. The number of ether oxygens (including phenoxy) is 1. The van der Waals surface area contributed by atoms with Crippen LogP contribution in [0.4, 0.5) is 4.39 Å². The second kappa shape index (κ2) is 5.27. The quantitative estimate of drug-likeness (QED) is 0.563. The summed E-state index contributed by atoms with van der Waals surface area (Å²) in [5, 5.41) is 0. The Morgan fingerprint density at radius 3 is 2.73 bits per heavy atom. The van der Waals surface area contributed by atoms with Crippen molar-refractivity contribution in [3.8, 4) is 5.75 Å². The summed E-state index contributed by atoms with van der Waals surface area (Å²) in [5.74, 6) is 0.108. The van der Waals surface area contributed by atoms with Gasteiger partial charge in [-0.25, -0.2) is 14.2 Å². The molecule has 0 saturated carbocycles. The SMILES string of the molecule is CCc1cc(CN=C=O)c(OC)cc1F. The van der Waals surface area contributed by atoms with Crippen LogP contribution >= 0.6 is 0 Å². The normalized spacial score (nSPS) is 9.53. The van der Waals surface area contributed by atoms with Crippen molar-refractivity contribution in [2.45, 2.75) is 19.9 Å². The van der Waals surface area contributed by atoms with Gasteiger partial charge in [0.15, 0.2) is 0 Å². The summed E-state index contributed by atoms with van der Waals surface area (Å²) in [4.78, 5) is 13.4. The standard InChI is InChI=1S/C11H12FNO2/c1-3-8-4-9(6-13-7-14)11(15-2)5-10(8)12/h4-5H,3,6H2,1-2H3. The first-order chi connectivity index (χ1) is 7.22. The zero-order valence-corrected chi connectivity index (χ0v) is 8.71. The Kier molecular flexibility index (Phi) is 4.01. The summed E-state index contributed by atoms with van der Waals surface area (Å²) in [6, 6.07) is 2.98. The van der Waals surface area contributed by atoms with Crippen molar-refractivity contribution in [3.05, 3.63) is 29.1 Å². The molecule has 3 nitrogen and oxygen atoms in total. The molecule has 0 saturated heterocycles. The number of hydrogen-bond donors (Lipinski definition) is 0. The molecule has 4 heteroatoms. The fourth-order valence-electron chi connectivity index (χ4n) is 1.35. The summed E-state index contributed by atoms with van der Waals surface area (Å²) in [6.07, 6.45) is 2.04. The van der Waals surface area contributed by atoms with Crippen LogP contribution in [-0.4, -0.2) is 13.2 Å². The molecule has 0 N–H and O–H groups in total. The topological polar surface area (TPSA) is 38.7 Å². The minimum atomic E-state index is -0.298. The van der Waals surface area contributed by atoms with Gasteiger partial charge in [-0.05, 0) is 18.1 Å². The molecule has 0 aliphatic heterocycles. The predicted octanol–water partition coefficient (Wildman–Crippen LogP) is 2.23. The number of methoxy groups -OCH3 is 1. The second-order valence-corrected chi connectivity index (χ2v) is 3.02. The van der Waals surface area contributed by atoms with Gasteiger partial charge < -0.3 is 4.74 Å². The summed E-state index contributed by atoms with van der Waals surface area (Å²) < 4.78 is 18.3. The van der Waals surface area contributed by atoms with Crippen molar-refractivity contribution in [1.82, 2.24) is 0 Å². The number of nitrogens with zero attached hydrogens (tertiary/aromatic N) is 1. The number of benzene rings is 1. The summed E-state index contributed by atoms with van der Waals surface area (Å²) in [5.41, 5.74) is 1.28. The van der Waals surface area contributed by atoms with E-state index >= 15 is 0 Å². The molecular weight excluding hydrogens is 197 g/mol. The maximum atomic E-state index is 13.4. The average Bonchev–Trinajstić information content (AvgIpc) is 2.26. The molecule has 0 bridgehead atoms. The van der Waals surface area contributed by atoms with Gasteiger partial charge in [-0.1, -0.05) is 6.92 Å².